The van der Waals surface area contributed by atoms with Crippen molar-refractivity contribution in [2.45, 2.75) is 51.5 Å². The Hall–Kier alpha value is -2.44. The third-order valence-corrected chi connectivity index (χ3v) is 4.88. The molecule has 1 aliphatic heterocycles. The van der Waals surface area contributed by atoms with E-state index in [-0.39, 0.29) is 6.10 Å². The number of fused-ring (bicyclic) bond motifs is 1. The van der Waals surface area contributed by atoms with E-state index in [9.17, 15) is 9.90 Å². The minimum atomic E-state index is -0.579. The number of furan rings is 1. The Morgan fingerprint density at radius 2 is 2.08 bits per heavy atom. The fourth-order valence-corrected chi connectivity index (χ4v) is 3.37. The van der Waals surface area contributed by atoms with E-state index in [1.807, 2.05) is 18.2 Å². The van der Waals surface area contributed by atoms with Crippen LogP contribution in [0.5, 0.6) is 0 Å². The lowest BCUT2D eigenvalue weighted by Gasteiger charge is -2.12. The summed E-state index contributed by atoms with van der Waals surface area (Å²) in [7, 11) is 0. The number of aromatic nitrogens is 2. The van der Waals surface area contributed by atoms with Crippen molar-refractivity contribution in [1.29, 1.82) is 0 Å². The highest BCUT2D eigenvalue weighted by atomic mass is 16.5. The molecule has 6 nitrogen and oxygen atoms in total. The number of hydrogen-bond donors (Lipinski definition) is 1. The predicted octanol–water partition coefficient (Wildman–Crippen LogP) is 3.28. The van der Waals surface area contributed by atoms with Gasteiger partial charge in [0.05, 0.1) is 17.6 Å². The van der Waals surface area contributed by atoms with Gasteiger partial charge >= 0.3 is 5.69 Å². The molecule has 4 rings (SSSR count). The maximum Gasteiger partial charge on any atom is 0.353 e. The van der Waals surface area contributed by atoms with Gasteiger partial charge in [-0.25, -0.2) is 4.79 Å². The molecule has 3 atom stereocenters. The number of aryl methyl sites for hydroxylation is 1. The van der Waals surface area contributed by atoms with Gasteiger partial charge < -0.3 is 14.3 Å². The highest BCUT2D eigenvalue weighted by Gasteiger charge is 2.32. The third-order valence-electron chi connectivity index (χ3n) is 4.88. The molecule has 0 amide bonds. The smallest absolute Gasteiger partial charge is 0.353 e. The normalized spacial score (nSPS) is 23.0. The first-order chi connectivity index (χ1) is 12.5. The minimum Gasteiger partial charge on any atom is -0.437 e. The van der Waals surface area contributed by atoms with Gasteiger partial charge in [0, 0.05) is 18.2 Å². The zero-order valence-corrected chi connectivity index (χ0v) is 14.9. The zero-order valence-electron chi connectivity index (χ0n) is 14.9. The van der Waals surface area contributed by atoms with Crippen LogP contribution in [-0.4, -0.2) is 26.9 Å². The van der Waals surface area contributed by atoms with Crippen molar-refractivity contribution in [2.75, 3.05) is 0 Å². The number of benzene rings is 1. The maximum absolute atomic E-state index is 12.3. The van der Waals surface area contributed by atoms with Crippen molar-refractivity contribution < 1.29 is 14.3 Å². The Balaban J connectivity index is 1.68. The van der Waals surface area contributed by atoms with E-state index in [1.165, 1.54) is 10.1 Å². The van der Waals surface area contributed by atoms with Gasteiger partial charge in [0.15, 0.2) is 0 Å². The van der Waals surface area contributed by atoms with Crippen LogP contribution >= 0.6 is 0 Å². The summed E-state index contributed by atoms with van der Waals surface area (Å²) in [6.07, 6.45) is 2.84. The van der Waals surface area contributed by atoms with Crippen molar-refractivity contribution in [3.63, 3.8) is 0 Å². The SMILES string of the molecule is CCCc1ccc(-c2cc3cn(C4C[C@@H](O)C(C)O4)c(=O)nc3o2)cc1. The quantitative estimate of drug-likeness (QED) is 0.778. The summed E-state index contributed by atoms with van der Waals surface area (Å²) in [4.78, 5) is 16.4. The second-order valence-electron chi connectivity index (χ2n) is 6.85. The van der Waals surface area contributed by atoms with Crippen LogP contribution in [-0.2, 0) is 11.2 Å². The number of aliphatic hydroxyl groups excluding tert-OH is 1. The predicted molar refractivity (Wildman–Crippen MR) is 97.9 cm³/mol. The molecular weight excluding hydrogens is 332 g/mol. The Labute approximate surface area is 151 Å². The van der Waals surface area contributed by atoms with Gasteiger partial charge in [0.1, 0.15) is 12.0 Å². The Bertz CT molecular complexity index is 964. The summed E-state index contributed by atoms with van der Waals surface area (Å²) in [6, 6.07) is 10.1. The van der Waals surface area contributed by atoms with Gasteiger partial charge in [-0.3, -0.25) is 4.57 Å². The molecule has 1 fully saturated rings. The third kappa shape index (κ3) is 3.06. The lowest BCUT2D eigenvalue weighted by atomic mass is 10.1. The summed E-state index contributed by atoms with van der Waals surface area (Å²) < 4.78 is 12.9. The summed E-state index contributed by atoms with van der Waals surface area (Å²) in [5.74, 6) is 0.674. The van der Waals surface area contributed by atoms with Gasteiger partial charge in [0.25, 0.3) is 0 Å². The monoisotopic (exact) mass is 354 g/mol. The number of aliphatic hydroxyl groups is 1. The molecule has 0 saturated carbocycles. The van der Waals surface area contributed by atoms with E-state index in [4.69, 9.17) is 9.15 Å². The highest BCUT2D eigenvalue weighted by molar-refractivity contribution is 5.79. The van der Waals surface area contributed by atoms with Crippen molar-refractivity contribution in [1.82, 2.24) is 9.55 Å². The molecule has 2 unspecified atom stereocenters. The zero-order chi connectivity index (χ0) is 18.3. The molecule has 3 heterocycles. The van der Waals surface area contributed by atoms with Crippen LogP contribution in [0.1, 0.15) is 38.5 Å². The molecule has 3 aromatic rings. The Kier molecular flexibility index (Phi) is 4.38. The molecule has 2 aromatic heterocycles. The number of nitrogens with zero attached hydrogens (tertiary/aromatic N) is 2. The lowest BCUT2D eigenvalue weighted by Crippen LogP contribution is -2.26. The standard InChI is InChI=1S/C20H22N2O4/c1-3-4-13-5-7-14(8-6-13)17-9-15-11-22(20(24)21-19(15)26-17)18-10-16(23)12(2)25-18/h5-9,11-12,16,18,23H,3-4,10H2,1-2H3/t12?,16-,18?/m1/s1. The minimum absolute atomic E-state index is 0.302. The van der Waals surface area contributed by atoms with E-state index in [2.05, 4.69) is 24.0 Å². The van der Waals surface area contributed by atoms with Crippen LogP contribution in [0, 0.1) is 0 Å². The van der Waals surface area contributed by atoms with Gasteiger partial charge in [-0.15, -0.1) is 0 Å². The Morgan fingerprint density at radius 3 is 2.73 bits per heavy atom. The van der Waals surface area contributed by atoms with Crippen LogP contribution in [0.2, 0.25) is 0 Å². The first kappa shape index (κ1) is 17.0. The first-order valence-corrected chi connectivity index (χ1v) is 9.00. The van der Waals surface area contributed by atoms with Gasteiger partial charge in [-0.1, -0.05) is 37.6 Å². The topological polar surface area (TPSA) is 77.5 Å². The van der Waals surface area contributed by atoms with Crippen LogP contribution in [0.25, 0.3) is 22.4 Å². The molecule has 1 N–H and O–H groups in total. The number of ether oxygens (including phenoxy) is 1. The van der Waals surface area contributed by atoms with E-state index in [0.717, 1.165) is 23.8 Å². The fourth-order valence-electron chi connectivity index (χ4n) is 3.37. The molecule has 0 spiro atoms. The lowest BCUT2D eigenvalue weighted by molar-refractivity contribution is -0.00984. The second-order valence-corrected chi connectivity index (χ2v) is 6.85. The van der Waals surface area contributed by atoms with Crippen LogP contribution < -0.4 is 5.69 Å². The Morgan fingerprint density at radius 1 is 1.31 bits per heavy atom. The largest absolute Gasteiger partial charge is 0.437 e. The van der Waals surface area contributed by atoms with Gasteiger partial charge in [0.2, 0.25) is 5.71 Å². The highest BCUT2D eigenvalue weighted by Crippen LogP contribution is 2.30. The molecular formula is C20H22N2O4. The first-order valence-electron chi connectivity index (χ1n) is 9.00. The number of rotatable bonds is 4. The van der Waals surface area contributed by atoms with Gasteiger partial charge in [-0.2, -0.15) is 4.98 Å². The van der Waals surface area contributed by atoms with Crippen LogP contribution in [0.4, 0.5) is 0 Å². The van der Waals surface area contributed by atoms with Crippen LogP contribution in [0.3, 0.4) is 0 Å². The van der Waals surface area contributed by atoms with Crippen molar-refractivity contribution in [3.8, 4) is 11.3 Å². The molecule has 0 radical (unpaired) electrons. The van der Waals surface area contributed by atoms with Crippen LogP contribution in [0.15, 0.2) is 45.7 Å². The number of hydrogen-bond acceptors (Lipinski definition) is 5. The molecule has 136 valence electrons. The van der Waals surface area contributed by atoms with E-state index >= 15 is 0 Å². The second kappa shape index (κ2) is 6.70. The molecule has 6 heteroatoms. The summed E-state index contributed by atoms with van der Waals surface area (Å²) in [6.45, 7) is 3.95. The molecule has 26 heavy (non-hydrogen) atoms. The average molecular weight is 354 g/mol. The maximum atomic E-state index is 12.3. The summed E-state index contributed by atoms with van der Waals surface area (Å²) in [5, 5.41) is 10.6. The van der Waals surface area contributed by atoms with E-state index < -0.39 is 18.0 Å². The summed E-state index contributed by atoms with van der Waals surface area (Å²) >= 11 is 0. The van der Waals surface area contributed by atoms with Gasteiger partial charge in [-0.05, 0) is 25.0 Å². The molecule has 1 aliphatic rings. The molecule has 0 aliphatic carbocycles. The van der Waals surface area contributed by atoms with Crippen molar-refractivity contribution in [3.05, 3.63) is 52.6 Å². The molecule has 1 aromatic carbocycles. The molecule has 1 saturated heterocycles. The van der Waals surface area contributed by atoms with E-state index in [0.29, 0.717) is 17.9 Å². The van der Waals surface area contributed by atoms with Crippen molar-refractivity contribution in [2.24, 2.45) is 0 Å². The molecule has 0 bridgehead atoms. The van der Waals surface area contributed by atoms with E-state index in [1.54, 1.807) is 13.1 Å². The fraction of sp³-hybridized carbons (Fsp3) is 0.400. The average Bonchev–Trinajstić information content (AvgIpc) is 3.18. The van der Waals surface area contributed by atoms with Crippen molar-refractivity contribution >= 4 is 11.1 Å². The summed E-state index contributed by atoms with van der Waals surface area (Å²) in [5.41, 5.74) is 2.10.